The van der Waals surface area contributed by atoms with Gasteiger partial charge < -0.3 is 5.73 Å². The maximum Gasteiger partial charge on any atom is 0.184 e. The number of nitrogens with two attached hydrogens (primary N) is 1. The van der Waals surface area contributed by atoms with Crippen LogP contribution in [0.25, 0.3) is 0 Å². The van der Waals surface area contributed by atoms with Crippen LogP contribution in [0.4, 0.5) is 10.1 Å². The first-order chi connectivity index (χ1) is 9.31. The molecule has 106 valence electrons. The summed E-state index contributed by atoms with van der Waals surface area (Å²) in [6, 6.07) is 8.45. The van der Waals surface area contributed by atoms with Gasteiger partial charge in [0.15, 0.2) is 9.84 Å². The minimum atomic E-state index is -3.78. The van der Waals surface area contributed by atoms with Crippen molar-refractivity contribution in [2.24, 2.45) is 0 Å². The Labute approximate surface area is 129 Å². The fourth-order valence-corrected chi connectivity index (χ4v) is 3.95. The summed E-state index contributed by atoms with van der Waals surface area (Å²) in [7, 11) is -3.78. The molecule has 2 aromatic rings. The van der Waals surface area contributed by atoms with Crippen molar-refractivity contribution in [3.05, 3.63) is 57.3 Å². The van der Waals surface area contributed by atoms with Crippen LogP contribution in [-0.4, -0.2) is 8.42 Å². The molecule has 0 unspecified atom stereocenters. The molecule has 7 heteroatoms. The number of anilines is 1. The zero-order valence-electron chi connectivity index (χ0n) is 10.1. The molecule has 0 spiro atoms. The predicted molar refractivity (Wildman–Crippen MR) is 80.9 cm³/mol. The van der Waals surface area contributed by atoms with Crippen LogP contribution in [0.15, 0.2) is 45.8 Å². The van der Waals surface area contributed by atoms with Crippen LogP contribution in [0.2, 0.25) is 5.02 Å². The van der Waals surface area contributed by atoms with E-state index in [4.69, 9.17) is 17.3 Å². The van der Waals surface area contributed by atoms with Gasteiger partial charge in [0.1, 0.15) is 5.82 Å². The van der Waals surface area contributed by atoms with Gasteiger partial charge in [-0.05, 0) is 30.3 Å². The Morgan fingerprint density at radius 3 is 2.55 bits per heavy atom. The maximum absolute atomic E-state index is 13.7. The molecule has 3 nitrogen and oxygen atoms in total. The van der Waals surface area contributed by atoms with E-state index in [2.05, 4.69) is 15.9 Å². The Hall–Kier alpha value is -1.11. The largest absolute Gasteiger partial charge is 0.398 e. The fraction of sp³-hybridized carbons (Fsp3) is 0.0769. The van der Waals surface area contributed by atoms with E-state index in [1.54, 1.807) is 6.07 Å². The van der Waals surface area contributed by atoms with Crippen molar-refractivity contribution in [1.82, 2.24) is 0 Å². The molecule has 0 fully saturated rings. The van der Waals surface area contributed by atoms with Gasteiger partial charge in [-0.15, -0.1) is 0 Å². The summed E-state index contributed by atoms with van der Waals surface area (Å²) in [5, 5.41) is 0.0734. The van der Waals surface area contributed by atoms with E-state index in [9.17, 15) is 12.8 Å². The highest BCUT2D eigenvalue weighted by Gasteiger charge is 2.22. The zero-order chi connectivity index (χ0) is 14.9. The van der Waals surface area contributed by atoms with Gasteiger partial charge in [-0.1, -0.05) is 33.6 Å². The molecular formula is C13H10BrClFNO2S. The van der Waals surface area contributed by atoms with E-state index in [1.807, 2.05) is 0 Å². The maximum atomic E-state index is 13.7. The lowest BCUT2D eigenvalue weighted by atomic mass is 10.2. The third kappa shape index (κ3) is 3.13. The monoisotopic (exact) mass is 377 g/mol. The van der Waals surface area contributed by atoms with Crippen LogP contribution in [0.5, 0.6) is 0 Å². The summed E-state index contributed by atoms with van der Waals surface area (Å²) < 4.78 is 39.0. The van der Waals surface area contributed by atoms with Crippen LogP contribution in [0, 0.1) is 5.82 Å². The van der Waals surface area contributed by atoms with E-state index in [-0.39, 0.29) is 21.2 Å². The molecule has 0 bridgehead atoms. The second kappa shape index (κ2) is 5.71. The minimum absolute atomic E-state index is 0.0416. The lowest BCUT2D eigenvalue weighted by Crippen LogP contribution is -2.09. The van der Waals surface area contributed by atoms with E-state index in [0.29, 0.717) is 4.47 Å². The standard InChI is InChI=1S/C13H10BrClFNO2S/c14-8-4-5-13(12(17)6-8)20(18,19)7-9-10(15)2-1-3-11(9)16/h1-6H,7,17H2. The summed E-state index contributed by atoms with van der Waals surface area (Å²) >= 11 is 9.04. The van der Waals surface area contributed by atoms with Crippen LogP contribution in [0.3, 0.4) is 0 Å². The van der Waals surface area contributed by atoms with Crippen molar-refractivity contribution < 1.29 is 12.8 Å². The summed E-state index contributed by atoms with van der Waals surface area (Å²) in [6.45, 7) is 0. The average Bonchev–Trinajstić information content (AvgIpc) is 2.33. The van der Waals surface area contributed by atoms with Crippen LogP contribution in [-0.2, 0) is 15.6 Å². The normalized spacial score (nSPS) is 11.6. The molecule has 0 radical (unpaired) electrons. The summed E-state index contributed by atoms with van der Waals surface area (Å²) in [5.74, 6) is -1.19. The van der Waals surface area contributed by atoms with Gasteiger partial charge in [-0.2, -0.15) is 0 Å². The average molecular weight is 379 g/mol. The smallest absolute Gasteiger partial charge is 0.184 e. The lowest BCUT2D eigenvalue weighted by molar-refractivity contribution is 0.587. The summed E-state index contributed by atoms with van der Waals surface area (Å²) in [4.78, 5) is -0.0416. The number of hydrogen-bond acceptors (Lipinski definition) is 3. The number of halogens is 3. The molecule has 0 atom stereocenters. The van der Waals surface area contributed by atoms with Crippen molar-refractivity contribution in [2.75, 3.05) is 5.73 Å². The Bertz CT molecular complexity index is 745. The van der Waals surface area contributed by atoms with Crippen molar-refractivity contribution >= 4 is 43.1 Å². The Morgan fingerprint density at radius 2 is 1.95 bits per heavy atom. The summed E-state index contributed by atoms with van der Waals surface area (Å²) in [6.07, 6.45) is 0. The van der Waals surface area contributed by atoms with Crippen LogP contribution in [0.1, 0.15) is 5.56 Å². The van der Waals surface area contributed by atoms with Crippen molar-refractivity contribution in [3.8, 4) is 0 Å². The first kappa shape index (κ1) is 15.3. The zero-order valence-corrected chi connectivity index (χ0v) is 13.3. The highest BCUT2D eigenvalue weighted by atomic mass is 79.9. The number of benzene rings is 2. The topological polar surface area (TPSA) is 60.2 Å². The van der Waals surface area contributed by atoms with E-state index in [1.165, 1.54) is 30.3 Å². The molecule has 0 saturated heterocycles. The van der Waals surface area contributed by atoms with Gasteiger partial charge in [-0.25, -0.2) is 12.8 Å². The highest BCUT2D eigenvalue weighted by molar-refractivity contribution is 9.10. The molecule has 0 aromatic heterocycles. The molecule has 0 aliphatic carbocycles. The molecule has 0 aliphatic rings. The van der Waals surface area contributed by atoms with Gasteiger partial charge in [0.05, 0.1) is 16.3 Å². The molecule has 0 heterocycles. The lowest BCUT2D eigenvalue weighted by Gasteiger charge is -2.10. The van der Waals surface area contributed by atoms with Gasteiger partial charge in [0, 0.05) is 15.1 Å². The summed E-state index contributed by atoms with van der Waals surface area (Å²) in [5.41, 5.74) is 5.75. The van der Waals surface area contributed by atoms with Gasteiger partial charge >= 0.3 is 0 Å². The van der Waals surface area contributed by atoms with Gasteiger partial charge in [0.2, 0.25) is 0 Å². The van der Waals surface area contributed by atoms with E-state index in [0.717, 1.165) is 0 Å². The molecule has 0 aliphatic heterocycles. The van der Waals surface area contributed by atoms with Gasteiger partial charge in [-0.3, -0.25) is 0 Å². The molecule has 2 aromatic carbocycles. The quantitative estimate of drug-likeness (QED) is 0.827. The fourth-order valence-electron chi connectivity index (χ4n) is 1.74. The van der Waals surface area contributed by atoms with Crippen molar-refractivity contribution in [3.63, 3.8) is 0 Å². The number of rotatable bonds is 3. The molecular weight excluding hydrogens is 369 g/mol. The number of hydrogen-bond donors (Lipinski definition) is 1. The predicted octanol–water partition coefficient (Wildman–Crippen LogP) is 3.80. The van der Waals surface area contributed by atoms with E-state index >= 15 is 0 Å². The molecule has 2 N–H and O–H groups in total. The Kier molecular flexibility index (Phi) is 4.36. The third-order valence-electron chi connectivity index (χ3n) is 2.70. The molecule has 0 saturated carbocycles. The number of nitrogen functional groups attached to an aromatic ring is 1. The SMILES string of the molecule is Nc1cc(Br)ccc1S(=O)(=O)Cc1c(F)cccc1Cl. The van der Waals surface area contributed by atoms with Crippen molar-refractivity contribution in [1.29, 1.82) is 0 Å². The van der Waals surface area contributed by atoms with Crippen LogP contribution >= 0.6 is 27.5 Å². The molecule has 20 heavy (non-hydrogen) atoms. The second-order valence-corrected chi connectivity index (χ2v) is 7.42. The highest BCUT2D eigenvalue weighted by Crippen LogP contribution is 2.28. The van der Waals surface area contributed by atoms with Crippen LogP contribution < -0.4 is 5.73 Å². The Morgan fingerprint density at radius 1 is 1.25 bits per heavy atom. The molecule has 2 rings (SSSR count). The Balaban J connectivity index is 2.46. The molecule has 0 amide bonds. The van der Waals surface area contributed by atoms with Gasteiger partial charge in [0.25, 0.3) is 0 Å². The minimum Gasteiger partial charge on any atom is -0.398 e. The van der Waals surface area contributed by atoms with Crippen molar-refractivity contribution in [2.45, 2.75) is 10.6 Å². The first-order valence-electron chi connectivity index (χ1n) is 5.52. The first-order valence-corrected chi connectivity index (χ1v) is 8.34. The number of sulfone groups is 1. The second-order valence-electron chi connectivity index (χ2n) is 4.14. The third-order valence-corrected chi connectivity index (χ3v) is 5.26. The van der Waals surface area contributed by atoms with E-state index < -0.39 is 21.4 Å².